The predicted molar refractivity (Wildman–Crippen MR) is 85.2 cm³/mol. The maximum absolute atomic E-state index is 12.8. The van der Waals surface area contributed by atoms with Crippen LogP contribution in [-0.2, 0) is 10.0 Å². The fourth-order valence-corrected chi connectivity index (χ4v) is 4.17. The van der Waals surface area contributed by atoms with Crippen molar-refractivity contribution >= 4 is 22.4 Å². The fourth-order valence-electron chi connectivity index (χ4n) is 2.51. The molecule has 2 heterocycles. The van der Waals surface area contributed by atoms with Gasteiger partial charge in [-0.05, 0) is 25.0 Å². The van der Waals surface area contributed by atoms with Crippen LogP contribution in [0.15, 0.2) is 45.9 Å². The minimum atomic E-state index is -3.55. The molecule has 0 atom stereocenters. The highest BCUT2D eigenvalue weighted by molar-refractivity contribution is 7.89. The average molecular weight is 344 g/mol. The van der Waals surface area contributed by atoms with Crippen LogP contribution in [0.1, 0.15) is 12.8 Å². The maximum atomic E-state index is 12.8. The van der Waals surface area contributed by atoms with Crippen LogP contribution >= 0.6 is 12.4 Å². The first-order valence-electron chi connectivity index (χ1n) is 6.85. The van der Waals surface area contributed by atoms with Gasteiger partial charge in [-0.2, -0.15) is 4.31 Å². The molecule has 3 rings (SSSR count). The predicted octanol–water partition coefficient (Wildman–Crippen LogP) is 1.88. The molecule has 0 radical (unpaired) electrons. The van der Waals surface area contributed by atoms with E-state index >= 15 is 0 Å². The number of nitrogens with zero attached hydrogens (tertiary/aromatic N) is 2. The zero-order valence-electron chi connectivity index (χ0n) is 11.9. The largest absolute Gasteiger partial charge is 0.356 e. The lowest BCUT2D eigenvalue weighted by Gasteiger charge is -2.29. The van der Waals surface area contributed by atoms with Gasteiger partial charge in [0.25, 0.3) is 0 Å². The van der Waals surface area contributed by atoms with Gasteiger partial charge in [0.15, 0.2) is 5.76 Å². The Kier molecular flexibility index (Phi) is 5.23. The van der Waals surface area contributed by atoms with Crippen molar-refractivity contribution in [3.05, 3.63) is 36.5 Å². The summed E-state index contributed by atoms with van der Waals surface area (Å²) in [5, 5.41) is 3.64. The van der Waals surface area contributed by atoms with Gasteiger partial charge in [-0.25, -0.2) is 8.42 Å². The highest BCUT2D eigenvalue weighted by Crippen LogP contribution is 2.30. The normalized spacial score (nSPS) is 17.1. The molecule has 120 valence electrons. The topological polar surface area (TPSA) is 89.4 Å². The van der Waals surface area contributed by atoms with Crippen LogP contribution in [-0.4, -0.2) is 37.0 Å². The average Bonchev–Trinajstić information content (AvgIpc) is 3.02. The molecule has 1 aliphatic heterocycles. The van der Waals surface area contributed by atoms with E-state index in [2.05, 4.69) is 5.16 Å². The minimum Gasteiger partial charge on any atom is -0.356 e. The van der Waals surface area contributed by atoms with Crippen LogP contribution in [0.5, 0.6) is 0 Å². The quantitative estimate of drug-likeness (QED) is 0.919. The van der Waals surface area contributed by atoms with E-state index in [4.69, 9.17) is 10.3 Å². The molecule has 8 heteroatoms. The van der Waals surface area contributed by atoms with Crippen LogP contribution < -0.4 is 5.73 Å². The molecule has 0 unspecified atom stereocenters. The number of sulfonamides is 1. The Labute approximate surface area is 135 Å². The van der Waals surface area contributed by atoms with Crippen molar-refractivity contribution in [1.82, 2.24) is 9.46 Å². The molecule has 2 aromatic rings. The minimum absolute atomic E-state index is 0. The number of rotatable bonds is 3. The van der Waals surface area contributed by atoms with Gasteiger partial charge >= 0.3 is 0 Å². The van der Waals surface area contributed by atoms with Gasteiger partial charge in [-0.1, -0.05) is 17.3 Å². The lowest BCUT2D eigenvalue weighted by Crippen LogP contribution is -2.42. The van der Waals surface area contributed by atoms with Gasteiger partial charge in [0, 0.05) is 30.8 Å². The van der Waals surface area contributed by atoms with E-state index in [0.29, 0.717) is 37.3 Å². The van der Waals surface area contributed by atoms with Crippen molar-refractivity contribution in [3.63, 3.8) is 0 Å². The Morgan fingerprint density at radius 3 is 2.50 bits per heavy atom. The molecule has 22 heavy (non-hydrogen) atoms. The number of aromatic nitrogens is 1. The SMILES string of the molecule is Cl.NC1CCN(S(=O)(=O)c2ccccc2-c2ccno2)CC1. The summed E-state index contributed by atoms with van der Waals surface area (Å²) in [6, 6.07) is 8.55. The molecule has 0 spiro atoms. The number of hydrogen-bond acceptors (Lipinski definition) is 5. The Morgan fingerprint density at radius 1 is 1.18 bits per heavy atom. The third-order valence-electron chi connectivity index (χ3n) is 3.71. The van der Waals surface area contributed by atoms with E-state index in [-0.39, 0.29) is 23.3 Å². The Bertz CT molecular complexity index is 711. The van der Waals surface area contributed by atoms with Crippen molar-refractivity contribution < 1.29 is 12.9 Å². The van der Waals surface area contributed by atoms with Crippen molar-refractivity contribution in [3.8, 4) is 11.3 Å². The number of nitrogens with two attached hydrogens (primary N) is 1. The summed E-state index contributed by atoms with van der Waals surface area (Å²) in [4.78, 5) is 0.247. The van der Waals surface area contributed by atoms with Crippen molar-refractivity contribution in [1.29, 1.82) is 0 Å². The lowest BCUT2D eigenvalue weighted by atomic mass is 10.1. The van der Waals surface area contributed by atoms with Gasteiger partial charge in [0.1, 0.15) is 0 Å². The van der Waals surface area contributed by atoms with Gasteiger partial charge in [-0.15, -0.1) is 12.4 Å². The van der Waals surface area contributed by atoms with Crippen LogP contribution in [0.3, 0.4) is 0 Å². The molecule has 0 amide bonds. The number of hydrogen-bond donors (Lipinski definition) is 1. The third kappa shape index (κ3) is 3.17. The molecule has 1 aromatic heterocycles. The van der Waals surface area contributed by atoms with E-state index in [1.165, 1.54) is 10.5 Å². The summed E-state index contributed by atoms with van der Waals surface area (Å²) in [7, 11) is -3.55. The molecule has 2 N–H and O–H groups in total. The lowest BCUT2D eigenvalue weighted by molar-refractivity contribution is 0.320. The zero-order valence-corrected chi connectivity index (χ0v) is 13.5. The second kappa shape index (κ2) is 6.78. The van der Waals surface area contributed by atoms with E-state index in [1.54, 1.807) is 30.3 Å². The van der Waals surface area contributed by atoms with Gasteiger partial charge in [-0.3, -0.25) is 0 Å². The summed E-state index contributed by atoms with van der Waals surface area (Å²) in [5.41, 5.74) is 6.37. The van der Waals surface area contributed by atoms with Crippen LogP contribution in [0.25, 0.3) is 11.3 Å². The molecule has 0 bridgehead atoms. The van der Waals surface area contributed by atoms with E-state index in [0.717, 1.165) is 0 Å². The molecule has 6 nitrogen and oxygen atoms in total. The smallest absolute Gasteiger partial charge is 0.243 e. The standard InChI is InChI=1S/C14H17N3O3S.ClH/c15-11-6-9-17(10-7-11)21(18,19)14-4-2-1-3-12(14)13-5-8-16-20-13;/h1-5,8,11H,6-7,9-10,15H2;1H. The van der Waals surface area contributed by atoms with Crippen LogP contribution in [0, 0.1) is 0 Å². The summed E-state index contributed by atoms with van der Waals surface area (Å²) in [6.45, 7) is 0.905. The summed E-state index contributed by atoms with van der Waals surface area (Å²) < 4.78 is 32.3. The molecule has 0 saturated carbocycles. The molecule has 1 saturated heterocycles. The van der Waals surface area contributed by atoms with Crippen molar-refractivity contribution in [2.24, 2.45) is 5.73 Å². The van der Waals surface area contributed by atoms with Gasteiger partial charge in [0.05, 0.1) is 11.1 Å². The Hall–Kier alpha value is -1.41. The van der Waals surface area contributed by atoms with E-state index in [9.17, 15) is 8.42 Å². The van der Waals surface area contributed by atoms with Crippen LogP contribution in [0.4, 0.5) is 0 Å². The molecule has 0 aliphatic carbocycles. The van der Waals surface area contributed by atoms with Crippen molar-refractivity contribution in [2.75, 3.05) is 13.1 Å². The molecule has 1 aliphatic rings. The number of halogens is 1. The van der Waals surface area contributed by atoms with Gasteiger partial charge in [0.2, 0.25) is 10.0 Å². The Balaban J connectivity index is 0.00000176. The first kappa shape index (κ1) is 17.0. The third-order valence-corrected chi connectivity index (χ3v) is 5.66. The second-order valence-corrected chi connectivity index (χ2v) is 7.02. The molecule has 1 fully saturated rings. The van der Waals surface area contributed by atoms with Crippen LogP contribution in [0.2, 0.25) is 0 Å². The highest BCUT2D eigenvalue weighted by atomic mass is 35.5. The molecular weight excluding hydrogens is 326 g/mol. The first-order valence-corrected chi connectivity index (χ1v) is 8.29. The zero-order chi connectivity index (χ0) is 14.9. The highest BCUT2D eigenvalue weighted by Gasteiger charge is 2.30. The molecular formula is C14H18ClN3O3S. The fraction of sp³-hybridized carbons (Fsp3) is 0.357. The first-order chi connectivity index (χ1) is 10.1. The number of piperidine rings is 1. The molecule has 1 aromatic carbocycles. The maximum Gasteiger partial charge on any atom is 0.243 e. The summed E-state index contributed by atoms with van der Waals surface area (Å²) in [6.07, 6.45) is 2.87. The Morgan fingerprint density at radius 2 is 1.86 bits per heavy atom. The van der Waals surface area contributed by atoms with E-state index in [1.807, 2.05) is 0 Å². The summed E-state index contributed by atoms with van der Waals surface area (Å²) in [5.74, 6) is 0.447. The van der Waals surface area contributed by atoms with E-state index < -0.39 is 10.0 Å². The second-order valence-electron chi connectivity index (χ2n) is 5.11. The summed E-state index contributed by atoms with van der Waals surface area (Å²) >= 11 is 0. The monoisotopic (exact) mass is 343 g/mol. The van der Waals surface area contributed by atoms with Gasteiger partial charge < -0.3 is 10.3 Å². The number of benzene rings is 1. The van der Waals surface area contributed by atoms with Crippen molar-refractivity contribution in [2.45, 2.75) is 23.8 Å².